The molecule has 78 valence electrons. The molecule has 0 unspecified atom stereocenters. The molecule has 4 nitrogen and oxygen atoms in total. The van der Waals surface area contributed by atoms with Crippen molar-refractivity contribution in [1.29, 1.82) is 0 Å². The van der Waals surface area contributed by atoms with E-state index in [0.717, 1.165) is 5.56 Å². The number of nitrogens with one attached hydrogen (secondary N) is 1. The molecule has 2 aromatic rings. The average molecular weight is 243 g/mol. The van der Waals surface area contributed by atoms with Gasteiger partial charge in [-0.1, -0.05) is 29.3 Å². The number of aromatic amines is 1. The van der Waals surface area contributed by atoms with Gasteiger partial charge >= 0.3 is 0 Å². The molecule has 1 aromatic carbocycles. The van der Waals surface area contributed by atoms with Gasteiger partial charge < -0.3 is 5.73 Å². The first-order chi connectivity index (χ1) is 7.16. The number of halogens is 2. The zero-order valence-corrected chi connectivity index (χ0v) is 9.18. The van der Waals surface area contributed by atoms with Gasteiger partial charge in [0.15, 0.2) is 0 Å². The van der Waals surface area contributed by atoms with Gasteiger partial charge in [0, 0.05) is 16.5 Å². The van der Waals surface area contributed by atoms with Crippen LogP contribution in [0.2, 0.25) is 10.0 Å². The third kappa shape index (κ3) is 2.22. The van der Waals surface area contributed by atoms with E-state index in [1.54, 1.807) is 18.2 Å². The highest BCUT2D eigenvalue weighted by Crippen LogP contribution is 2.25. The highest BCUT2D eigenvalue weighted by Gasteiger charge is 2.08. The summed E-state index contributed by atoms with van der Waals surface area (Å²) in [6, 6.07) is 5.36. The summed E-state index contributed by atoms with van der Waals surface area (Å²) < 4.78 is 0. The number of anilines is 1. The van der Waals surface area contributed by atoms with Crippen molar-refractivity contribution >= 4 is 29.2 Å². The van der Waals surface area contributed by atoms with Gasteiger partial charge in [-0.05, 0) is 17.7 Å². The standard InChI is InChI=1S/C9H8Cl2N4/c10-6-2-1-3-7(11)5(6)4-8-13-9(12)15-14-8/h1-3H,4H2,(H3,12,13,14,15). The third-order valence-corrected chi connectivity index (χ3v) is 2.66. The van der Waals surface area contributed by atoms with E-state index >= 15 is 0 Å². The number of nitrogen functional groups attached to an aromatic ring is 1. The van der Waals surface area contributed by atoms with Crippen molar-refractivity contribution in [1.82, 2.24) is 15.2 Å². The van der Waals surface area contributed by atoms with E-state index in [9.17, 15) is 0 Å². The van der Waals surface area contributed by atoms with Gasteiger partial charge in [-0.15, -0.1) is 5.10 Å². The SMILES string of the molecule is Nc1n[nH]c(Cc2c(Cl)cccc2Cl)n1. The Kier molecular flexibility index (Phi) is 2.79. The molecule has 2 rings (SSSR count). The first kappa shape index (κ1) is 10.3. The van der Waals surface area contributed by atoms with Crippen molar-refractivity contribution in [3.05, 3.63) is 39.6 Å². The lowest BCUT2D eigenvalue weighted by Crippen LogP contribution is -1.93. The van der Waals surface area contributed by atoms with Crippen LogP contribution in [0.1, 0.15) is 11.4 Å². The lowest BCUT2D eigenvalue weighted by atomic mass is 10.1. The van der Waals surface area contributed by atoms with Gasteiger partial charge in [-0.25, -0.2) is 0 Å². The van der Waals surface area contributed by atoms with Crippen molar-refractivity contribution in [3.8, 4) is 0 Å². The van der Waals surface area contributed by atoms with Gasteiger partial charge in [0.05, 0.1) is 0 Å². The molecule has 0 fully saturated rings. The van der Waals surface area contributed by atoms with Crippen molar-refractivity contribution < 1.29 is 0 Å². The molecule has 0 saturated heterocycles. The minimum atomic E-state index is 0.216. The Morgan fingerprint density at radius 1 is 1.27 bits per heavy atom. The van der Waals surface area contributed by atoms with Crippen molar-refractivity contribution in [2.75, 3.05) is 5.73 Å². The summed E-state index contributed by atoms with van der Waals surface area (Å²) >= 11 is 12.0. The molecule has 0 amide bonds. The second-order valence-electron chi connectivity index (χ2n) is 3.02. The molecule has 0 aliphatic rings. The minimum Gasteiger partial charge on any atom is -0.367 e. The second-order valence-corrected chi connectivity index (χ2v) is 3.83. The first-order valence-electron chi connectivity index (χ1n) is 4.26. The normalized spacial score (nSPS) is 10.5. The minimum absolute atomic E-state index is 0.216. The smallest absolute Gasteiger partial charge is 0.239 e. The lowest BCUT2D eigenvalue weighted by molar-refractivity contribution is 0.973. The van der Waals surface area contributed by atoms with Crippen LogP contribution in [0.4, 0.5) is 5.95 Å². The number of hydrogen-bond donors (Lipinski definition) is 2. The lowest BCUT2D eigenvalue weighted by Gasteiger charge is -2.03. The van der Waals surface area contributed by atoms with Gasteiger partial charge in [-0.2, -0.15) is 4.98 Å². The van der Waals surface area contributed by atoms with Gasteiger partial charge in [0.1, 0.15) is 5.82 Å². The van der Waals surface area contributed by atoms with Crippen LogP contribution < -0.4 is 5.73 Å². The van der Waals surface area contributed by atoms with E-state index in [1.807, 2.05) is 0 Å². The number of rotatable bonds is 2. The highest BCUT2D eigenvalue weighted by molar-refractivity contribution is 6.36. The fraction of sp³-hybridized carbons (Fsp3) is 0.111. The Labute approximate surface area is 96.4 Å². The predicted molar refractivity (Wildman–Crippen MR) is 60.1 cm³/mol. The van der Waals surface area contributed by atoms with Crippen LogP contribution in [0.15, 0.2) is 18.2 Å². The largest absolute Gasteiger partial charge is 0.367 e. The summed E-state index contributed by atoms with van der Waals surface area (Å²) in [6.07, 6.45) is 0.489. The fourth-order valence-electron chi connectivity index (χ4n) is 1.26. The summed E-state index contributed by atoms with van der Waals surface area (Å²) in [5, 5.41) is 7.65. The predicted octanol–water partition coefficient (Wildman–Crippen LogP) is 2.28. The third-order valence-electron chi connectivity index (χ3n) is 1.95. The van der Waals surface area contributed by atoms with E-state index in [1.165, 1.54) is 0 Å². The highest BCUT2D eigenvalue weighted by atomic mass is 35.5. The van der Waals surface area contributed by atoms with Crippen LogP contribution in [-0.4, -0.2) is 15.2 Å². The van der Waals surface area contributed by atoms with Crippen LogP contribution in [0, 0.1) is 0 Å². The molecule has 1 aromatic heterocycles. The van der Waals surface area contributed by atoms with E-state index < -0.39 is 0 Å². The molecule has 6 heteroatoms. The van der Waals surface area contributed by atoms with Crippen LogP contribution in [0.5, 0.6) is 0 Å². The summed E-state index contributed by atoms with van der Waals surface area (Å²) in [4.78, 5) is 3.98. The summed E-state index contributed by atoms with van der Waals surface area (Å²) in [7, 11) is 0. The summed E-state index contributed by atoms with van der Waals surface area (Å²) in [5.41, 5.74) is 6.21. The van der Waals surface area contributed by atoms with Crippen molar-refractivity contribution in [2.24, 2.45) is 0 Å². The average Bonchev–Trinajstić information content (AvgIpc) is 2.58. The number of nitrogens with zero attached hydrogens (tertiary/aromatic N) is 2. The molecule has 0 aliphatic carbocycles. The first-order valence-corrected chi connectivity index (χ1v) is 5.02. The van der Waals surface area contributed by atoms with Crippen LogP contribution in [0.3, 0.4) is 0 Å². The number of aromatic nitrogens is 3. The number of benzene rings is 1. The van der Waals surface area contributed by atoms with E-state index in [4.69, 9.17) is 28.9 Å². The van der Waals surface area contributed by atoms with Crippen molar-refractivity contribution in [3.63, 3.8) is 0 Å². The summed E-state index contributed by atoms with van der Waals surface area (Å²) in [6.45, 7) is 0. The zero-order valence-electron chi connectivity index (χ0n) is 7.67. The Hall–Kier alpha value is -1.26. The van der Waals surface area contributed by atoms with E-state index in [2.05, 4.69) is 15.2 Å². The van der Waals surface area contributed by atoms with Crippen LogP contribution in [0.25, 0.3) is 0 Å². The molecule has 0 bridgehead atoms. The zero-order chi connectivity index (χ0) is 10.8. The molecule has 0 atom stereocenters. The topological polar surface area (TPSA) is 67.6 Å². The van der Waals surface area contributed by atoms with Crippen LogP contribution in [-0.2, 0) is 6.42 Å². The van der Waals surface area contributed by atoms with Crippen molar-refractivity contribution in [2.45, 2.75) is 6.42 Å². The maximum absolute atomic E-state index is 6.01. The molecule has 3 N–H and O–H groups in total. The Morgan fingerprint density at radius 2 is 1.93 bits per heavy atom. The molecule has 0 spiro atoms. The Morgan fingerprint density at radius 3 is 2.47 bits per heavy atom. The molecule has 0 aliphatic heterocycles. The number of nitrogens with two attached hydrogens (primary N) is 1. The molecule has 15 heavy (non-hydrogen) atoms. The summed E-state index contributed by atoms with van der Waals surface area (Å²) in [5.74, 6) is 0.857. The molecular weight excluding hydrogens is 235 g/mol. The van der Waals surface area contributed by atoms with Gasteiger partial charge in [0.25, 0.3) is 0 Å². The number of H-pyrrole nitrogens is 1. The van der Waals surface area contributed by atoms with E-state index in [0.29, 0.717) is 22.3 Å². The Bertz CT molecular complexity index is 460. The van der Waals surface area contributed by atoms with Gasteiger partial charge in [-0.3, -0.25) is 5.10 Å². The maximum Gasteiger partial charge on any atom is 0.239 e. The fourth-order valence-corrected chi connectivity index (χ4v) is 1.79. The molecule has 0 saturated carbocycles. The molecule has 0 radical (unpaired) electrons. The quantitative estimate of drug-likeness (QED) is 0.850. The number of hydrogen-bond acceptors (Lipinski definition) is 3. The van der Waals surface area contributed by atoms with E-state index in [-0.39, 0.29) is 5.95 Å². The van der Waals surface area contributed by atoms with Crippen LogP contribution >= 0.6 is 23.2 Å². The maximum atomic E-state index is 6.01. The molecular formula is C9H8Cl2N4. The second kappa shape index (κ2) is 4.08. The Balaban J connectivity index is 2.31. The van der Waals surface area contributed by atoms with Gasteiger partial charge in [0.2, 0.25) is 5.95 Å². The molecule has 1 heterocycles. The monoisotopic (exact) mass is 242 g/mol.